The quantitative estimate of drug-likeness (QED) is 0.860. The van der Waals surface area contributed by atoms with Crippen LogP contribution in [0, 0.1) is 0 Å². The van der Waals surface area contributed by atoms with Crippen LogP contribution in [0.25, 0.3) is 0 Å². The normalized spacial score (nSPS) is 18.9. The van der Waals surface area contributed by atoms with Crippen molar-refractivity contribution in [2.75, 3.05) is 13.7 Å². The highest BCUT2D eigenvalue weighted by atomic mass is 16.5. The van der Waals surface area contributed by atoms with Gasteiger partial charge in [-0.1, -0.05) is 13.3 Å². The minimum Gasteiger partial charge on any atom is -0.481 e. The lowest BCUT2D eigenvalue weighted by molar-refractivity contribution is -0.145. The lowest BCUT2D eigenvalue weighted by Gasteiger charge is -2.32. The highest BCUT2D eigenvalue weighted by Crippen LogP contribution is 2.14. The second-order valence-electron chi connectivity index (χ2n) is 4.81. The molecule has 1 aliphatic rings. The molecule has 2 amide bonds. The van der Waals surface area contributed by atoms with Crippen molar-refractivity contribution in [3.8, 4) is 5.88 Å². The van der Waals surface area contributed by atoms with Crippen molar-refractivity contribution >= 4 is 11.8 Å². The summed E-state index contributed by atoms with van der Waals surface area (Å²) in [5.41, 5.74) is 0.898. The van der Waals surface area contributed by atoms with E-state index in [0.29, 0.717) is 18.8 Å². The molecule has 0 aromatic carbocycles. The van der Waals surface area contributed by atoms with Crippen LogP contribution >= 0.6 is 0 Å². The SMILES string of the molecule is CCCC1NC(=O)CN(Cc2ccnc(OC)c2)C1=O. The van der Waals surface area contributed by atoms with Crippen molar-refractivity contribution in [1.82, 2.24) is 15.2 Å². The summed E-state index contributed by atoms with van der Waals surface area (Å²) >= 11 is 0. The van der Waals surface area contributed by atoms with Crippen LogP contribution < -0.4 is 10.1 Å². The number of hydrogen-bond donors (Lipinski definition) is 1. The van der Waals surface area contributed by atoms with Gasteiger partial charge in [0.05, 0.1) is 13.7 Å². The Balaban J connectivity index is 2.10. The van der Waals surface area contributed by atoms with Gasteiger partial charge in [0, 0.05) is 18.8 Å². The molecule has 6 nitrogen and oxygen atoms in total. The molecule has 1 aliphatic heterocycles. The molecular weight excluding hydrogens is 258 g/mol. The van der Waals surface area contributed by atoms with Crippen molar-refractivity contribution in [2.24, 2.45) is 0 Å². The fourth-order valence-electron chi connectivity index (χ4n) is 2.27. The average molecular weight is 277 g/mol. The molecule has 1 N–H and O–H groups in total. The first-order valence-electron chi connectivity index (χ1n) is 6.71. The Labute approximate surface area is 118 Å². The lowest BCUT2D eigenvalue weighted by Crippen LogP contribution is -2.57. The highest BCUT2D eigenvalue weighted by Gasteiger charge is 2.31. The predicted octanol–water partition coefficient (Wildman–Crippen LogP) is 0.717. The van der Waals surface area contributed by atoms with Gasteiger partial charge in [0.2, 0.25) is 17.7 Å². The summed E-state index contributed by atoms with van der Waals surface area (Å²) in [7, 11) is 1.54. The van der Waals surface area contributed by atoms with Crippen molar-refractivity contribution in [2.45, 2.75) is 32.4 Å². The number of pyridine rings is 1. The Morgan fingerprint density at radius 1 is 1.50 bits per heavy atom. The highest BCUT2D eigenvalue weighted by molar-refractivity contribution is 5.94. The monoisotopic (exact) mass is 277 g/mol. The fraction of sp³-hybridized carbons (Fsp3) is 0.500. The number of nitrogens with zero attached hydrogens (tertiary/aromatic N) is 2. The van der Waals surface area contributed by atoms with Gasteiger partial charge in [-0.25, -0.2) is 4.98 Å². The number of ether oxygens (including phenoxy) is 1. The summed E-state index contributed by atoms with van der Waals surface area (Å²) in [4.78, 5) is 29.6. The van der Waals surface area contributed by atoms with E-state index in [1.807, 2.05) is 13.0 Å². The fourth-order valence-corrected chi connectivity index (χ4v) is 2.27. The maximum absolute atomic E-state index is 12.3. The summed E-state index contributed by atoms with van der Waals surface area (Å²) in [6, 6.07) is 3.19. The zero-order chi connectivity index (χ0) is 14.5. The molecule has 20 heavy (non-hydrogen) atoms. The van der Waals surface area contributed by atoms with E-state index in [1.165, 1.54) is 0 Å². The Morgan fingerprint density at radius 3 is 3.00 bits per heavy atom. The van der Waals surface area contributed by atoms with Crippen LogP contribution in [-0.4, -0.2) is 41.4 Å². The summed E-state index contributed by atoms with van der Waals surface area (Å²) in [6.45, 7) is 2.49. The van der Waals surface area contributed by atoms with Gasteiger partial charge in [-0.05, 0) is 18.1 Å². The zero-order valence-electron chi connectivity index (χ0n) is 11.8. The first-order valence-corrected chi connectivity index (χ1v) is 6.71. The van der Waals surface area contributed by atoms with Crippen LogP contribution in [0.5, 0.6) is 5.88 Å². The standard InChI is InChI=1S/C14H19N3O3/c1-3-4-11-14(19)17(9-12(18)16-11)8-10-5-6-15-13(7-10)20-2/h5-7,11H,3-4,8-9H2,1-2H3,(H,16,18). The van der Waals surface area contributed by atoms with E-state index in [1.54, 1.807) is 24.3 Å². The molecule has 0 bridgehead atoms. The van der Waals surface area contributed by atoms with Gasteiger partial charge < -0.3 is 15.0 Å². The molecule has 0 spiro atoms. The number of aromatic nitrogens is 1. The van der Waals surface area contributed by atoms with E-state index >= 15 is 0 Å². The summed E-state index contributed by atoms with van der Waals surface area (Å²) in [5, 5.41) is 2.74. The molecule has 1 aromatic heterocycles. The molecule has 6 heteroatoms. The Bertz CT molecular complexity index is 504. The molecule has 0 radical (unpaired) electrons. The van der Waals surface area contributed by atoms with Crippen LogP contribution in [0.2, 0.25) is 0 Å². The lowest BCUT2D eigenvalue weighted by atomic mass is 10.1. The Kier molecular flexibility index (Phi) is 4.55. The number of piperazine rings is 1. The second-order valence-corrected chi connectivity index (χ2v) is 4.81. The van der Waals surface area contributed by atoms with E-state index in [9.17, 15) is 9.59 Å². The second kappa shape index (κ2) is 6.36. The molecule has 1 unspecified atom stereocenters. The maximum atomic E-state index is 12.3. The van der Waals surface area contributed by atoms with Gasteiger partial charge in [0.1, 0.15) is 6.04 Å². The van der Waals surface area contributed by atoms with E-state index in [-0.39, 0.29) is 18.4 Å². The van der Waals surface area contributed by atoms with Crippen LogP contribution in [0.4, 0.5) is 0 Å². The van der Waals surface area contributed by atoms with E-state index < -0.39 is 6.04 Å². The number of carbonyl (C=O) groups excluding carboxylic acids is 2. The third-order valence-electron chi connectivity index (χ3n) is 3.24. The van der Waals surface area contributed by atoms with Gasteiger partial charge in [-0.3, -0.25) is 9.59 Å². The largest absolute Gasteiger partial charge is 0.481 e. The average Bonchev–Trinajstić information content (AvgIpc) is 2.44. The van der Waals surface area contributed by atoms with Crippen molar-refractivity contribution in [3.63, 3.8) is 0 Å². The molecule has 1 aromatic rings. The van der Waals surface area contributed by atoms with Crippen LogP contribution in [0.15, 0.2) is 18.3 Å². The molecule has 0 saturated carbocycles. The van der Waals surface area contributed by atoms with E-state index in [4.69, 9.17) is 4.74 Å². The summed E-state index contributed by atoms with van der Waals surface area (Å²) < 4.78 is 5.06. The van der Waals surface area contributed by atoms with Gasteiger partial charge >= 0.3 is 0 Å². The van der Waals surface area contributed by atoms with Crippen LogP contribution in [0.3, 0.4) is 0 Å². The molecule has 0 aliphatic carbocycles. The third kappa shape index (κ3) is 3.26. The number of rotatable bonds is 5. The minimum absolute atomic E-state index is 0.0257. The summed E-state index contributed by atoms with van der Waals surface area (Å²) in [5.74, 6) is 0.368. The van der Waals surface area contributed by atoms with Crippen LogP contribution in [-0.2, 0) is 16.1 Å². The first-order chi connectivity index (χ1) is 9.63. The maximum Gasteiger partial charge on any atom is 0.245 e. The smallest absolute Gasteiger partial charge is 0.245 e. The molecule has 2 heterocycles. The zero-order valence-corrected chi connectivity index (χ0v) is 11.8. The first kappa shape index (κ1) is 14.3. The third-order valence-corrected chi connectivity index (χ3v) is 3.24. The van der Waals surface area contributed by atoms with Gasteiger partial charge in [0.15, 0.2) is 0 Å². The molecule has 1 atom stereocenters. The molecule has 1 fully saturated rings. The Morgan fingerprint density at radius 2 is 2.30 bits per heavy atom. The molecule has 108 valence electrons. The predicted molar refractivity (Wildman–Crippen MR) is 73.0 cm³/mol. The van der Waals surface area contributed by atoms with Crippen molar-refractivity contribution < 1.29 is 14.3 Å². The van der Waals surface area contributed by atoms with E-state index in [2.05, 4.69) is 10.3 Å². The van der Waals surface area contributed by atoms with Crippen LogP contribution in [0.1, 0.15) is 25.3 Å². The van der Waals surface area contributed by atoms with Crippen molar-refractivity contribution in [1.29, 1.82) is 0 Å². The molecule has 2 rings (SSSR count). The van der Waals surface area contributed by atoms with Gasteiger partial charge in [-0.2, -0.15) is 0 Å². The number of methoxy groups -OCH3 is 1. The number of hydrogen-bond acceptors (Lipinski definition) is 4. The van der Waals surface area contributed by atoms with Crippen molar-refractivity contribution in [3.05, 3.63) is 23.9 Å². The van der Waals surface area contributed by atoms with E-state index in [0.717, 1.165) is 12.0 Å². The minimum atomic E-state index is -0.398. The number of nitrogens with one attached hydrogen (secondary N) is 1. The molecule has 1 saturated heterocycles. The Hall–Kier alpha value is -2.11. The van der Waals surface area contributed by atoms with Gasteiger partial charge in [0.25, 0.3) is 0 Å². The van der Waals surface area contributed by atoms with Gasteiger partial charge in [-0.15, -0.1) is 0 Å². The number of carbonyl (C=O) groups is 2. The topological polar surface area (TPSA) is 71.5 Å². The molecular formula is C14H19N3O3. The summed E-state index contributed by atoms with van der Waals surface area (Å²) in [6.07, 6.45) is 3.15. The number of amides is 2.